The molecule has 0 radical (unpaired) electrons. The van der Waals surface area contributed by atoms with Crippen molar-refractivity contribution < 1.29 is 14.8 Å². The van der Waals surface area contributed by atoms with Crippen molar-refractivity contribution >= 4 is 22.4 Å². The van der Waals surface area contributed by atoms with Gasteiger partial charge in [0.05, 0.1) is 32.1 Å². The van der Waals surface area contributed by atoms with Gasteiger partial charge in [-0.05, 0) is 0 Å². The Balaban J connectivity index is 1.84. The summed E-state index contributed by atoms with van der Waals surface area (Å²) in [5.74, 6) is -0.965. The minimum absolute atomic E-state index is 0.117. The molecule has 0 aliphatic carbocycles. The molecule has 82 valence electrons. The molecular formula is C9H13N3O2S. The summed E-state index contributed by atoms with van der Waals surface area (Å²) in [4.78, 5) is 17.9. The topological polar surface area (TPSA) is 60.7 Å². The number of nitrogens with one attached hydrogen (secondary N) is 1. The number of thiazole rings is 1. The molecule has 0 spiro atoms. The number of aliphatic carboxylic acids is 1. The number of carboxylic acids is 1. The molecule has 6 heteroatoms. The number of carbonyl (C=O) groups excluding carboxylic acids is 1. The van der Waals surface area contributed by atoms with E-state index in [0.29, 0.717) is 0 Å². The maximum Gasteiger partial charge on any atom is 0.185 e. The third kappa shape index (κ3) is 2.66. The Morgan fingerprint density at radius 1 is 1.60 bits per heavy atom. The summed E-state index contributed by atoms with van der Waals surface area (Å²) in [5, 5.41) is 13.4. The SMILES string of the molecule is O=C([O-])C[NH+]1CCN(c2nccs2)CC1. The monoisotopic (exact) mass is 227 g/mol. The number of piperazine rings is 1. The van der Waals surface area contributed by atoms with E-state index in [1.54, 1.807) is 17.5 Å². The number of aromatic nitrogens is 1. The smallest absolute Gasteiger partial charge is 0.185 e. The Kier molecular flexibility index (Phi) is 3.17. The highest BCUT2D eigenvalue weighted by atomic mass is 32.1. The van der Waals surface area contributed by atoms with Gasteiger partial charge in [-0.3, -0.25) is 0 Å². The Morgan fingerprint density at radius 3 is 2.87 bits per heavy atom. The van der Waals surface area contributed by atoms with E-state index in [4.69, 9.17) is 0 Å². The molecule has 1 N–H and O–H groups in total. The normalized spacial score (nSPS) is 18.0. The number of hydrogen-bond acceptors (Lipinski definition) is 5. The van der Waals surface area contributed by atoms with Crippen LogP contribution in [0.4, 0.5) is 5.13 Å². The molecule has 1 fully saturated rings. The van der Waals surface area contributed by atoms with Crippen LogP contribution in [-0.4, -0.2) is 43.7 Å². The Morgan fingerprint density at radius 2 is 2.33 bits per heavy atom. The molecule has 0 amide bonds. The second-order valence-electron chi connectivity index (χ2n) is 3.60. The van der Waals surface area contributed by atoms with Crippen molar-refractivity contribution in [2.45, 2.75) is 0 Å². The quantitative estimate of drug-likeness (QED) is 0.625. The van der Waals surface area contributed by atoms with Crippen molar-refractivity contribution in [1.29, 1.82) is 0 Å². The zero-order valence-electron chi connectivity index (χ0n) is 8.31. The third-order valence-corrected chi connectivity index (χ3v) is 3.39. The molecule has 1 aliphatic heterocycles. The Labute approximate surface area is 92.0 Å². The van der Waals surface area contributed by atoms with Crippen LogP contribution in [0.2, 0.25) is 0 Å². The third-order valence-electron chi connectivity index (χ3n) is 2.55. The highest BCUT2D eigenvalue weighted by molar-refractivity contribution is 7.13. The molecule has 2 rings (SSSR count). The number of rotatable bonds is 3. The van der Waals surface area contributed by atoms with E-state index in [1.165, 1.54) is 0 Å². The lowest BCUT2D eigenvalue weighted by molar-refractivity contribution is -0.894. The van der Waals surface area contributed by atoms with Crippen LogP contribution < -0.4 is 14.9 Å². The molecule has 15 heavy (non-hydrogen) atoms. The first-order chi connectivity index (χ1) is 7.25. The lowest BCUT2D eigenvalue weighted by Gasteiger charge is -2.32. The molecule has 2 heterocycles. The van der Waals surface area contributed by atoms with Crippen molar-refractivity contribution in [3.63, 3.8) is 0 Å². The van der Waals surface area contributed by atoms with Gasteiger partial charge in [-0.25, -0.2) is 4.98 Å². The largest absolute Gasteiger partial charge is 0.544 e. The number of carbonyl (C=O) groups is 1. The van der Waals surface area contributed by atoms with Crippen LogP contribution in [0.15, 0.2) is 11.6 Å². The summed E-state index contributed by atoms with van der Waals surface area (Å²) in [6.45, 7) is 3.54. The number of anilines is 1. The summed E-state index contributed by atoms with van der Waals surface area (Å²) < 4.78 is 0. The second kappa shape index (κ2) is 4.59. The summed E-state index contributed by atoms with van der Waals surface area (Å²) in [7, 11) is 0. The highest BCUT2D eigenvalue weighted by Gasteiger charge is 2.20. The van der Waals surface area contributed by atoms with Crippen LogP contribution in [0.25, 0.3) is 0 Å². The number of quaternary nitrogens is 1. The minimum atomic E-state index is -0.965. The number of carboxylic acid groups (broad SMARTS) is 1. The maximum atomic E-state index is 10.4. The average Bonchev–Trinajstić information content (AvgIpc) is 2.71. The Bertz CT molecular complexity index is 320. The van der Waals surface area contributed by atoms with Crippen molar-refractivity contribution in [3.8, 4) is 0 Å². The molecule has 5 nitrogen and oxygen atoms in total. The van der Waals surface area contributed by atoms with Crippen LogP contribution in [0.3, 0.4) is 0 Å². The van der Waals surface area contributed by atoms with Gasteiger partial charge >= 0.3 is 0 Å². The van der Waals surface area contributed by atoms with E-state index in [9.17, 15) is 9.90 Å². The van der Waals surface area contributed by atoms with Gasteiger partial charge in [-0.1, -0.05) is 0 Å². The molecule has 0 unspecified atom stereocenters. The standard InChI is InChI=1S/C9H13N3O2S/c13-8(14)7-11-2-4-12(5-3-11)9-10-1-6-15-9/h1,6H,2-5,7H2,(H,13,14). The average molecular weight is 227 g/mol. The fourth-order valence-corrected chi connectivity index (χ4v) is 2.46. The van der Waals surface area contributed by atoms with Crippen LogP contribution in [0.5, 0.6) is 0 Å². The Hall–Kier alpha value is -1.14. The van der Waals surface area contributed by atoms with E-state index in [-0.39, 0.29) is 6.54 Å². The van der Waals surface area contributed by atoms with Crippen LogP contribution in [0.1, 0.15) is 0 Å². The van der Waals surface area contributed by atoms with Crippen molar-refractivity contribution in [2.24, 2.45) is 0 Å². The fraction of sp³-hybridized carbons (Fsp3) is 0.556. The van der Waals surface area contributed by atoms with Gasteiger partial charge in [0.1, 0.15) is 6.54 Å². The molecule has 1 aliphatic rings. The van der Waals surface area contributed by atoms with Crippen molar-refractivity contribution in [2.75, 3.05) is 37.6 Å². The molecular weight excluding hydrogens is 214 g/mol. The van der Waals surface area contributed by atoms with Gasteiger partial charge in [0.15, 0.2) is 5.13 Å². The molecule has 1 aromatic rings. The van der Waals surface area contributed by atoms with Gasteiger partial charge < -0.3 is 19.7 Å². The van der Waals surface area contributed by atoms with Gasteiger partial charge in [-0.15, -0.1) is 11.3 Å². The van der Waals surface area contributed by atoms with Crippen molar-refractivity contribution in [3.05, 3.63) is 11.6 Å². The summed E-state index contributed by atoms with van der Waals surface area (Å²) >= 11 is 1.62. The zero-order valence-corrected chi connectivity index (χ0v) is 9.13. The molecule has 1 saturated heterocycles. The van der Waals surface area contributed by atoms with Gasteiger partial charge in [0, 0.05) is 11.6 Å². The lowest BCUT2D eigenvalue weighted by atomic mass is 10.3. The van der Waals surface area contributed by atoms with E-state index in [1.807, 2.05) is 5.38 Å². The van der Waals surface area contributed by atoms with Crippen LogP contribution >= 0.6 is 11.3 Å². The molecule has 0 aromatic carbocycles. The lowest BCUT2D eigenvalue weighted by Crippen LogP contribution is -3.16. The first kappa shape index (κ1) is 10.4. The molecule has 0 bridgehead atoms. The number of hydrogen-bond donors (Lipinski definition) is 1. The van der Waals surface area contributed by atoms with Crippen LogP contribution in [-0.2, 0) is 4.79 Å². The van der Waals surface area contributed by atoms with Crippen LogP contribution in [0, 0.1) is 0 Å². The predicted octanol–water partition coefficient (Wildman–Crippen LogP) is -2.40. The summed E-state index contributed by atoms with van der Waals surface area (Å²) in [6.07, 6.45) is 1.79. The molecule has 0 saturated carbocycles. The van der Waals surface area contributed by atoms with Gasteiger partial charge in [-0.2, -0.15) is 0 Å². The minimum Gasteiger partial charge on any atom is -0.544 e. The van der Waals surface area contributed by atoms with E-state index >= 15 is 0 Å². The van der Waals surface area contributed by atoms with Gasteiger partial charge in [0.25, 0.3) is 0 Å². The van der Waals surface area contributed by atoms with E-state index < -0.39 is 5.97 Å². The molecule has 1 aromatic heterocycles. The summed E-state index contributed by atoms with van der Waals surface area (Å²) in [5.41, 5.74) is 0. The highest BCUT2D eigenvalue weighted by Crippen LogP contribution is 2.16. The zero-order chi connectivity index (χ0) is 10.7. The molecule has 0 atom stereocenters. The first-order valence-electron chi connectivity index (χ1n) is 4.93. The maximum absolute atomic E-state index is 10.4. The first-order valence-corrected chi connectivity index (χ1v) is 5.81. The fourth-order valence-electron chi connectivity index (χ4n) is 1.77. The van der Waals surface area contributed by atoms with E-state index in [2.05, 4.69) is 9.88 Å². The number of nitrogens with zero attached hydrogens (tertiary/aromatic N) is 2. The van der Waals surface area contributed by atoms with Crippen molar-refractivity contribution in [1.82, 2.24) is 4.98 Å². The van der Waals surface area contributed by atoms with E-state index in [0.717, 1.165) is 36.2 Å². The predicted molar refractivity (Wildman–Crippen MR) is 54.9 cm³/mol. The summed E-state index contributed by atoms with van der Waals surface area (Å²) in [6, 6.07) is 0. The van der Waals surface area contributed by atoms with Gasteiger partial charge in [0.2, 0.25) is 0 Å². The second-order valence-corrected chi connectivity index (χ2v) is 4.47.